The molecular weight excluding hydrogens is 335 g/mol. The summed E-state index contributed by atoms with van der Waals surface area (Å²) in [5.41, 5.74) is -0.383. The molecule has 4 fully saturated rings. The van der Waals surface area contributed by atoms with Gasteiger partial charge < -0.3 is 9.84 Å². The molecule has 4 saturated carbocycles. The molecule has 0 amide bonds. The zero-order valence-electron chi connectivity index (χ0n) is 12.9. The predicted molar refractivity (Wildman–Crippen MR) is 88.3 cm³/mol. The van der Waals surface area contributed by atoms with Gasteiger partial charge in [0.2, 0.25) is 0 Å². The quantitative estimate of drug-likeness (QED) is 0.819. The van der Waals surface area contributed by atoms with E-state index in [0.717, 1.165) is 37.7 Å². The van der Waals surface area contributed by atoms with Gasteiger partial charge in [-0.2, -0.15) is 0 Å². The van der Waals surface area contributed by atoms with E-state index in [-0.39, 0.29) is 12.6 Å². The summed E-state index contributed by atoms with van der Waals surface area (Å²) in [6.45, 7) is 0.157. The topological polar surface area (TPSA) is 46.5 Å². The fourth-order valence-electron chi connectivity index (χ4n) is 5.39. The van der Waals surface area contributed by atoms with Gasteiger partial charge in [-0.3, -0.25) is 4.79 Å². The Labute approximate surface area is 145 Å². The Balaban J connectivity index is 1.49. The molecular formula is C18H20Cl2O3. The van der Waals surface area contributed by atoms with E-state index in [0.29, 0.717) is 28.3 Å². The first-order valence-electron chi connectivity index (χ1n) is 8.21. The lowest BCUT2D eigenvalue weighted by molar-refractivity contribution is -0.197. The third-order valence-electron chi connectivity index (χ3n) is 5.84. The van der Waals surface area contributed by atoms with Crippen molar-refractivity contribution in [2.24, 2.45) is 17.3 Å². The Hall–Kier alpha value is -0.770. The Kier molecular flexibility index (Phi) is 3.67. The molecule has 1 aromatic rings. The average molecular weight is 355 g/mol. The Bertz CT molecular complexity index is 644. The molecule has 0 radical (unpaired) electrons. The van der Waals surface area contributed by atoms with E-state index >= 15 is 0 Å². The molecule has 23 heavy (non-hydrogen) atoms. The predicted octanol–water partition coefficient (Wildman–Crippen LogP) is 4.37. The van der Waals surface area contributed by atoms with E-state index in [2.05, 4.69) is 0 Å². The maximum atomic E-state index is 12.8. The van der Waals surface area contributed by atoms with Crippen LogP contribution in [0.4, 0.5) is 0 Å². The van der Waals surface area contributed by atoms with Crippen LogP contribution in [0, 0.1) is 17.3 Å². The van der Waals surface area contributed by atoms with E-state index < -0.39 is 11.0 Å². The summed E-state index contributed by atoms with van der Waals surface area (Å²) in [6, 6.07) is 5.18. The molecule has 0 aromatic heterocycles. The van der Waals surface area contributed by atoms with Crippen molar-refractivity contribution in [1.82, 2.24) is 0 Å². The largest absolute Gasteiger partial charge is 0.460 e. The van der Waals surface area contributed by atoms with Gasteiger partial charge in [0.15, 0.2) is 0 Å². The lowest BCUT2D eigenvalue weighted by Gasteiger charge is -2.58. The lowest BCUT2D eigenvalue weighted by atomic mass is 9.48. The first-order chi connectivity index (χ1) is 10.9. The third kappa shape index (κ3) is 2.77. The molecule has 5 heteroatoms. The van der Waals surface area contributed by atoms with Crippen LogP contribution in [0.25, 0.3) is 0 Å². The van der Waals surface area contributed by atoms with Crippen molar-refractivity contribution < 1.29 is 14.6 Å². The summed E-state index contributed by atoms with van der Waals surface area (Å²) in [6.07, 6.45) is 5.13. The van der Waals surface area contributed by atoms with Gasteiger partial charge in [0.25, 0.3) is 0 Å². The number of rotatable bonds is 3. The highest BCUT2D eigenvalue weighted by Crippen LogP contribution is 2.62. The number of benzene rings is 1. The number of aliphatic hydroxyl groups is 1. The van der Waals surface area contributed by atoms with Crippen molar-refractivity contribution in [2.45, 2.75) is 50.7 Å². The van der Waals surface area contributed by atoms with Gasteiger partial charge in [0, 0.05) is 15.6 Å². The van der Waals surface area contributed by atoms with Crippen LogP contribution in [0.5, 0.6) is 0 Å². The van der Waals surface area contributed by atoms with E-state index in [4.69, 9.17) is 27.9 Å². The van der Waals surface area contributed by atoms with Crippen molar-refractivity contribution in [3.05, 3.63) is 33.8 Å². The molecule has 2 unspecified atom stereocenters. The van der Waals surface area contributed by atoms with E-state index in [1.54, 1.807) is 18.2 Å². The maximum absolute atomic E-state index is 12.8. The monoisotopic (exact) mass is 354 g/mol. The number of hydrogen-bond donors (Lipinski definition) is 1. The first-order valence-corrected chi connectivity index (χ1v) is 8.97. The van der Waals surface area contributed by atoms with Crippen LogP contribution in [-0.4, -0.2) is 16.7 Å². The van der Waals surface area contributed by atoms with E-state index in [1.807, 2.05) is 0 Å². The van der Waals surface area contributed by atoms with Crippen molar-refractivity contribution in [2.75, 3.05) is 0 Å². The normalized spacial score (nSPS) is 37.9. The lowest BCUT2D eigenvalue weighted by Crippen LogP contribution is -2.58. The standard InChI is InChI=1S/C18H20Cl2O3/c19-14-2-1-13(15(20)4-14)9-23-16(21)17-5-11-3-12(6-17)8-18(22,7-11)10-17/h1-2,4,11-12,22H,3,5-10H2. The molecule has 0 aliphatic heterocycles. The van der Waals surface area contributed by atoms with E-state index in [9.17, 15) is 9.90 Å². The molecule has 0 spiro atoms. The van der Waals surface area contributed by atoms with Crippen LogP contribution in [0.1, 0.15) is 44.1 Å². The number of esters is 1. The van der Waals surface area contributed by atoms with Gasteiger partial charge in [0.05, 0.1) is 11.0 Å². The number of carbonyl (C=O) groups is 1. The highest BCUT2D eigenvalue weighted by molar-refractivity contribution is 6.35. The van der Waals surface area contributed by atoms with Crippen LogP contribution in [0.2, 0.25) is 10.0 Å². The highest BCUT2D eigenvalue weighted by atomic mass is 35.5. The summed E-state index contributed by atoms with van der Waals surface area (Å²) in [5.74, 6) is 0.761. The fraction of sp³-hybridized carbons (Fsp3) is 0.611. The minimum Gasteiger partial charge on any atom is -0.460 e. The Morgan fingerprint density at radius 2 is 1.91 bits per heavy atom. The molecule has 4 aliphatic carbocycles. The van der Waals surface area contributed by atoms with Gasteiger partial charge in [-0.25, -0.2) is 0 Å². The van der Waals surface area contributed by atoms with Crippen LogP contribution in [0.3, 0.4) is 0 Å². The molecule has 0 saturated heterocycles. The van der Waals surface area contributed by atoms with Crippen LogP contribution >= 0.6 is 23.2 Å². The van der Waals surface area contributed by atoms with Crippen LogP contribution in [0.15, 0.2) is 18.2 Å². The minimum atomic E-state index is -0.652. The molecule has 4 bridgehead atoms. The highest BCUT2D eigenvalue weighted by Gasteiger charge is 2.60. The zero-order valence-corrected chi connectivity index (χ0v) is 14.4. The van der Waals surface area contributed by atoms with E-state index in [1.165, 1.54) is 0 Å². The maximum Gasteiger partial charge on any atom is 0.312 e. The average Bonchev–Trinajstić information content (AvgIpc) is 2.43. The molecule has 1 N–H and O–H groups in total. The van der Waals surface area contributed by atoms with Crippen LogP contribution < -0.4 is 0 Å². The van der Waals surface area contributed by atoms with Gasteiger partial charge in [-0.1, -0.05) is 29.3 Å². The second-order valence-electron chi connectivity index (χ2n) is 7.78. The zero-order chi connectivity index (χ0) is 16.2. The third-order valence-corrected chi connectivity index (χ3v) is 6.42. The molecule has 0 heterocycles. The van der Waals surface area contributed by atoms with Gasteiger partial charge in [0.1, 0.15) is 6.61 Å². The summed E-state index contributed by atoms with van der Waals surface area (Å²) >= 11 is 12.0. The summed E-state index contributed by atoms with van der Waals surface area (Å²) in [5, 5.41) is 11.8. The summed E-state index contributed by atoms with van der Waals surface area (Å²) in [4.78, 5) is 12.8. The second-order valence-corrected chi connectivity index (χ2v) is 8.62. The summed E-state index contributed by atoms with van der Waals surface area (Å²) < 4.78 is 5.60. The first kappa shape index (κ1) is 15.7. The number of carbonyl (C=O) groups excluding carboxylic acids is 1. The molecule has 2 atom stereocenters. The molecule has 3 nitrogen and oxygen atoms in total. The van der Waals surface area contributed by atoms with Crippen molar-refractivity contribution in [3.63, 3.8) is 0 Å². The van der Waals surface area contributed by atoms with Crippen molar-refractivity contribution in [3.8, 4) is 0 Å². The minimum absolute atomic E-state index is 0.157. The van der Waals surface area contributed by atoms with Gasteiger partial charge in [-0.05, 0) is 62.5 Å². The van der Waals surface area contributed by atoms with Crippen LogP contribution in [-0.2, 0) is 16.1 Å². The van der Waals surface area contributed by atoms with Gasteiger partial charge in [-0.15, -0.1) is 0 Å². The molecule has 5 rings (SSSR count). The van der Waals surface area contributed by atoms with Gasteiger partial charge >= 0.3 is 5.97 Å². The van der Waals surface area contributed by atoms with Crippen molar-refractivity contribution in [1.29, 1.82) is 0 Å². The SMILES string of the molecule is O=C(OCc1ccc(Cl)cc1Cl)C12CC3CC(CC(O)(C3)C1)C2. The molecule has 1 aromatic carbocycles. The number of hydrogen-bond acceptors (Lipinski definition) is 3. The second kappa shape index (κ2) is 5.37. The summed E-state index contributed by atoms with van der Waals surface area (Å²) in [7, 11) is 0. The molecule has 124 valence electrons. The number of halogens is 2. The fourth-order valence-corrected chi connectivity index (χ4v) is 5.85. The Morgan fingerprint density at radius 3 is 2.52 bits per heavy atom. The number of ether oxygens (including phenoxy) is 1. The van der Waals surface area contributed by atoms with Crippen molar-refractivity contribution >= 4 is 29.2 Å². The molecule has 4 aliphatic rings. The Morgan fingerprint density at radius 1 is 1.22 bits per heavy atom. The smallest absolute Gasteiger partial charge is 0.312 e.